The summed E-state index contributed by atoms with van der Waals surface area (Å²) in [7, 11) is 0. The molecule has 0 heterocycles. The van der Waals surface area contributed by atoms with Crippen LogP contribution in [0.5, 0.6) is 0 Å². The van der Waals surface area contributed by atoms with Crippen molar-refractivity contribution in [2.24, 2.45) is 5.92 Å². The van der Waals surface area contributed by atoms with Crippen LogP contribution >= 0.6 is 0 Å². The van der Waals surface area contributed by atoms with Crippen LogP contribution in [-0.2, 0) is 14.3 Å². The molecule has 0 bridgehead atoms. The van der Waals surface area contributed by atoms with E-state index in [4.69, 9.17) is 0 Å². The number of benzene rings is 1. The Morgan fingerprint density at radius 2 is 1.50 bits per heavy atom. The van der Waals surface area contributed by atoms with Gasteiger partial charge in [0.25, 0.3) is 0 Å². The Kier molecular flexibility index (Phi) is 9.77. The predicted octanol–water partition coefficient (Wildman–Crippen LogP) is 4.40. The summed E-state index contributed by atoms with van der Waals surface area (Å²) in [6.07, 6.45) is 6.42. The molecule has 1 aliphatic rings. The first kappa shape index (κ1) is 20.2. The maximum absolute atomic E-state index is 11.4. The Balaban J connectivity index is 0.000000400. The number of aliphatic hydroxyl groups is 1. The van der Waals surface area contributed by atoms with Crippen molar-refractivity contribution in [3.05, 3.63) is 35.9 Å². The van der Waals surface area contributed by atoms with Gasteiger partial charge < -0.3 is 14.6 Å². The molecule has 5 nitrogen and oxygen atoms in total. The molecule has 0 unspecified atom stereocenters. The summed E-state index contributed by atoms with van der Waals surface area (Å²) < 4.78 is 9.03. The van der Waals surface area contributed by atoms with Crippen LogP contribution < -0.4 is 0 Å². The molecule has 0 aliphatic heterocycles. The third-order valence-electron chi connectivity index (χ3n) is 3.56. The molecule has 0 radical (unpaired) electrons. The number of esters is 1. The Labute approximate surface area is 144 Å². The van der Waals surface area contributed by atoms with E-state index in [9.17, 15) is 14.7 Å². The summed E-state index contributed by atoms with van der Waals surface area (Å²) in [5.74, 6) is -0.901. The van der Waals surface area contributed by atoms with Gasteiger partial charge in [-0.2, -0.15) is 0 Å². The Bertz CT molecular complexity index is 468. The van der Waals surface area contributed by atoms with E-state index in [-0.39, 0.29) is 12.5 Å². The molecule has 2 rings (SSSR count). The highest BCUT2D eigenvalue weighted by Gasteiger charge is 2.22. The van der Waals surface area contributed by atoms with Crippen LogP contribution in [-0.4, -0.2) is 23.8 Å². The summed E-state index contributed by atoms with van der Waals surface area (Å²) in [5, 5.41) is 9.63. The minimum absolute atomic E-state index is 0.145. The van der Waals surface area contributed by atoms with Crippen molar-refractivity contribution in [2.75, 3.05) is 6.61 Å². The predicted molar refractivity (Wildman–Crippen MR) is 91.4 cm³/mol. The molecule has 134 valence electrons. The second kappa shape index (κ2) is 11.6. The Hall–Kier alpha value is -1.88. The van der Waals surface area contributed by atoms with Crippen molar-refractivity contribution in [2.45, 2.75) is 58.5 Å². The monoisotopic (exact) mass is 336 g/mol. The Morgan fingerprint density at radius 1 is 1.00 bits per heavy atom. The van der Waals surface area contributed by atoms with Gasteiger partial charge in [-0.1, -0.05) is 82.7 Å². The number of carbonyl (C=O) groups excluding carboxylic acids is 2. The van der Waals surface area contributed by atoms with E-state index in [0.29, 0.717) is 5.56 Å². The highest BCUT2D eigenvalue weighted by atomic mass is 16.7. The molecule has 0 aromatic heterocycles. The van der Waals surface area contributed by atoms with E-state index in [0.717, 1.165) is 0 Å². The van der Waals surface area contributed by atoms with Crippen molar-refractivity contribution in [1.29, 1.82) is 0 Å². The number of aliphatic hydroxyl groups excluding tert-OH is 1. The van der Waals surface area contributed by atoms with Gasteiger partial charge in [0.05, 0.1) is 6.61 Å². The zero-order chi connectivity index (χ0) is 17.8. The molecule has 24 heavy (non-hydrogen) atoms. The number of carbonyl (C=O) groups is 2. The fourth-order valence-corrected chi connectivity index (χ4v) is 2.23. The van der Waals surface area contributed by atoms with Crippen LogP contribution in [0.15, 0.2) is 30.3 Å². The average Bonchev–Trinajstić information content (AvgIpc) is 2.62. The SMILES string of the molecule is C1CCCCC1.CC(C)COC(=O)OC(=O)[C@@H](O)c1ccccc1. The van der Waals surface area contributed by atoms with Gasteiger partial charge in [-0.25, -0.2) is 9.59 Å². The van der Waals surface area contributed by atoms with E-state index in [1.165, 1.54) is 38.5 Å². The molecule has 1 fully saturated rings. The lowest BCUT2D eigenvalue weighted by Crippen LogP contribution is -2.21. The highest BCUT2D eigenvalue weighted by molar-refractivity contribution is 5.85. The molecule has 0 saturated heterocycles. The normalized spacial score (nSPS) is 15.0. The quantitative estimate of drug-likeness (QED) is 0.652. The summed E-state index contributed by atoms with van der Waals surface area (Å²) in [6.45, 7) is 3.87. The zero-order valence-electron chi connectivity index (χ0n) is 14.6. The topological polar surface area (TPSA) is 72.8 Å². The first-order valence-corrected chi connectivity index (χ1v) is 8.62. The lowest BCUT2D eigenvalue weighted by Gasteiger charge is -2.10. The minimum Gasteiger partial charge on any atom is -0.434 e. The number of hydrogen-bond acceptors (Lipinski definition) is 5. The van der Waals surface area contributed by atoms with E-state index in [2.05, 4.69) is 9.47 Å². The lowest BCUT2D eigenvalue weighted by molar-refractivity contribution is -0.149. The smallest absolute Gasteiger partial charge is 0.434 e. The largest absolute Gasteiger partial charge is 0.516 e. The van der Waals surface area contributed by atoms with Gasteiger partial charge in [0.15, 0.2) is 6.10 Å². The third-order valence-corrected chi connectivity index (χ3v) is 3.56. The van der Waals surface area contributed by atoms with Gasteiger partial charge in [0.2, 0.25) is 0 Å². The maximum atomic E-state index is 11.4. The van der Waals surface area contributed by atoms with Gasteiger partial charge in [0, 0.05) is 0 Å². The van der Waals surface area contributed by atoms with Crippen molar-refractivity contribution < 1.29 is 24.2 Å². The summed E-state index contributed by atoms with van der Waals surface area (Å²) in [6, 6.07) is 8.21. The van der Waals surface area contributed by atoms with Crippen LogP contribution in [0.4, 0.5) is 4.79 Å². The first-order chi connectivity index (χ1) is 11.5. The molecule has 1 aromatic rings. The molecule has 1 saturated carbocycles. The van der Waals surface area contributed by atoms with Crippen LogP contribution in [0.3, 0.4) is 0 Å². The Morgan fingerprint density at radius 3 is 1.96 bits per heavy atom. The second-order valence-electron chi connectivity index (χ2n) is 6.31. The minimum atomic E-state index is -1.49. The molecular weight excluding hydrogens is 308 g/mol. The molecule has 0 spiro atoms. The van der Waals surface area contributed by atoms with Gasteiger partial charge in [-0.3, -0.25) is 0 Å². The number of rotatable bonds is 4. The van der Waals surface area contributed by atoms with Crippen molar-refractivity contribution in [3.63, 3.8) is 0 Å². The molecule has 0 amide bonds. The van der Waals surface area contributed by atoms with E-state index in [1.807, 2.05) is 13.8 Å². The maximum Gasteiger partial charge on any atom is 0.516 e. The van der Waals surface area contributed by atoms with E-state index in [1.54, 1.807) is 30.3 Å². The highest BCUT2D eigenvalue weighted by Crippen LogP contribution is 2.15. The van der Waals surface area contributed by atoms with Gasteiger partial charge in [-0.05, 0) is 11.5 Å². The summed E-state index contributed by atoms with van der Waals surface area (Å²) in [4.78, 5) is 22.5. The number of ether oxygens (including phenoxy) is 2. The third kappa shape index (κ3) is 8.67. The van der Waals surface area contributed by atoms with Gasteiger partial charge in [-0.15, -0.1) is 0 Å². The van der Waals surface area contributed by atoms with Gasteiger partial charge >= 0.3 is 12.1 Å². The van der Waals surface area contributed by atoms with Crippen LogP contribution in [0.1, 0.15) is 64.0 Å². The van der Waals surface area contributed by atoms with E-state index >= 15 is 0 Å². The average molecular weight is 336 g/mol. The number of hydrogen-bond donors (Lipinski definition) is 1. The van der Waals surface area contributed by atoms with Crippen molar-refractivity contribution >= 4 is 12.1 Å². The fraction of sp³-hybridized carbons (Fsp3) is 0.579. The molecule has 1 aromatic carbocycles. The molecule has 1 N–H and O–H groups in total. The van der Waals surface area contributed by atoms with Gasteiger partial charge in [0.1, 0.15) is 0 Å². The standard InChI is InChI=1S/C13H16O5.C6H12/c1-9(2)8-17-13(16)18-12(15)11(14)10-6-4-3-5-7-10;1-2-4-6-5-3-1/h3-7,9,11,14H,8H2,1-2H3;1-6H2/t11-;/m0./s1. The van der Waals surface area contributed by atoms with Crippen molar-refractivity contribution in [1.82, 2.24) is 0 Å². The van der Waals surface area contributed by atoms with Crippen LogP contribution in [0, 0.1) is 5.92 Å². The van der Waals surface area contributed by atoms with E-state index < -0.39 is 18.2 Å². The molecular formula is C19H28O5. The lowest BCUT2D eigenvalue weighted by atomic mass is 10.0. The summed E-state index contributed by atoms with van der Waals surface area (Å²) >= 11 is 0. The van der Waals surface area contributed by atoms with Crippen LogP contribution in [0.2, 0.25) is 0 Å². The zero-order valence-corrected chi connectivity index (χ0v) is 14.6. The second-order valence-corrected chi connectivity index (χ2v) is 6.31. The molecule has 1 atom stereocenters. The summed E-state index contributed by atoms with van der Waals surface area (Å²) in [5.41, 5.74) is 0.360. The van der Waals surface area contributed by atoms with Crippen LogP contribution in [0.25, 0.3) is 0 Å². The molecule has 1 aliphatic carbocycles. The van der Waals surface area contributed by atoms with Crippen molar-refractivity contribution in [3.8, 4) is 0 Å². The first-order valence-electron chi connectivity index (χ1n) is 8.62. The fourth-order valence-electron chi connectivity index (χ4n) is 2.23. The molecule has 5 heteroatoms.